The molecule has 0 radical (unpaired) electrons. The Labute approximate surface area is 174 Å². The van der Waals surface area contributed by atoms with Gasteiger partial charge in [0.2, 0.25) is 11.6 Å². The topological polar surface area (TPSA) is 102 Å². The molecule has 144 valence electrons. The molecule has 0 amide bonds. The summed E-state index contributed by atoms with van der Waals surface area (Å²) in [6, 6.07) is 9.69. The van der Waals surface area contributed by atoms with Crippen molar-refractivity contribution < 1.29 is 9.66 Å². The number of rotatable bonds is 6. The van der Waals surface area contributed by atoms with Crippen molar-refractivity contribution in [2.45, 2.75) is 0 Å². The van der Waals surface area contributed by atoms with Crippen molar-refractivity contribution in [3.05, 3.63) is 67.9 Å². The first-order valence-corrected chi connectivity index (χ1v) is 8.85. The highest BCUT2D eigenvalue weighted by molar-refractivity contribution is 6.43. The van der Waals surface area contributed by atoms with E-state index in [4.69, 9.17) is 39.5 Å². The van der Waals surface area contributed by atoms with E-state index in [1.165, 1.54) is 13.4 Å². The smallest absolute Gasteiger partial charge is 0.353 e. The van der Waals surface area contributed by atoms with Crippen LogP contribution in [0.1, 0.15) is 0 Å². The van der Waals surface area contributed by atoms with Crippen LogP contribution in [-0.2, 0) is 0 Å². The third-order valence-corrected chi connectivity index (χ3v) is 4.68. The minimum atomic E-state index is -0.611. The zero-order valence-corrected chi connectivity index (χ0v) is 16.5. The molecule has 3 aromatic rings. The molecule has 0 fully saturated rings. The number of methoxy groups -OCH3 is 1. The normalized spacial score (nSPS) is 10.4. The van der Waals surface area contributed by atoms with E-state index in [1.807, 2.05) is 0 Å². The molecule has 28 heavy (non-hydrogen) atoms. The van der Waals surface area contributed by atoms with Gasteiger partial charge in [-0.15, -0.1) is 0 Å². The molecule has 2 N–H and O–H groups in total. The SMILES string of the molecule is COc1ccc(Cl)cc1Nc1ncnc(Nc2cccc(Cl)c2Cl)c1[N+](=O)[O-]. The Morgan fingerprint density at radius 2 is 1.71 bits per heavy atom. The van der Waals surface area contributed by atoms with Gasteiger partial charge in [-0.1, -0.05) is 40.9 Å². The minimum Gasteiger partial charge on any atom is -0.495 e. The number of hydrogen-bond acceptors (Lipinski definition) is 7. The fourth-order valence-corrected chi connectivity index (χ4v) is 2.89. The van der Waals surface area contributed by atoms with E-state index in [-0.39, 0.29) is 22.3 Å². The van der Waals surface area contributed by atoms with E-state index in [2.05, 4.69) is 20.6 Å². The highest BCUT2D eigenvalue weighted by Crippen LogP contribution is 2.38. The Bertz CT molecular complexity index is 1050. The van der Waals surface area contributed by atoms with Gasteiger partial charge in [-0.3, -0.25) is 10.1 Å². The number of nitro groups is 1. The lowest BCUT2D eigenvalue weighted by atomic mass is 10.2. The van der Waals surface area contributed by atoms with Gasteiger partial charge in [0.05, 0.1) is 33.5 Å². The lowest BCUT2D eigenvalue weighted by Crippen LogP contribution is -2.06. The standard InChI is InChI=1S/C17H12Cl3N5O3/c1-28-13-6-5-9(18)7-12(13)24-17-15(25(26)27)16(21-8-22-17)23-11-4-2-3-10(19)14(11)20/h2-8H,1H3,(H2,21,22,23,24). The lowest BCUT2D eigenvalue weighted by Gasteiger charge is -2.13. The zero-order valence-electron chi connectivity index (χ0n) is 14.2. The van der Waals surface area contributed by atoms with Gasteiger partial charge in [-0.2, -0.15) is 0 Å². The number of ether oxygens (including phenoxy) is 1. The molecule has 3 rings (SSSR count). The number of benzene rings is 2. The number of halogens is 3. The summed E-state index contributed by atoms with van der Waals surface area (Å²) in [5.74, 6) is 0.318. The van der Waals surface area contributed by atoms with Gasteiger partial charge in [0.1, 0.15) is 12.1 Å². The predicted octanol–water partition coefficient (Wildman–Crippen LogP) is 5.84. The fourth-order valence-electron chi connectivity index (χ4n) is 2.37. The van der Waals surface area contributed by atoms with Gasteiger partial charge in [0.25, 0.3) is 0 Å². The molecule has 0 saturated heterocycles. The first kappa shape index (κ1) is 19.9. The van der Waals surface area contributed by atoms with Gasteiger partial charge in [-0.05, 0) is 30.3 Å². The first-order chi connectivity index (χ1) is 13.4. The molecule has 0 atom stereocenters. The van der Waals surface area contributed by atoms with Crippen molar-refractivity contribution >= 4 is 63.5 Å². The Hall–Kier alpha value is -2.81. The predicted molar refractivity (Wildman–Crippen MR) is 110 cm³/mol. The van der Waals surface area contributed by atoms with Crippen LogP contribution >= 0.6 is 34.8 Å². The van der Waals surface area contributed by atoms with Gasteiger partial charge in [-0.25, -0.2) is 9.97 Å². The number of nitrogens with zero attached hydrogens (tertiary/aromatic N) is 3. The monoisotopic (exact) mass is 439 g/mol. The van der Waals surface area contributed by atoms with Crippen LogP contribution in [0.4, 0.5) is 28.7 Å². The molecular weight excluding hydrogens is 429 g/mol. The molecule has 2 aromatic carbocycles. The van der Waals surface area contributed by atoms with Gasteiger partial charge < -0.3 is 15.4 Å². The van der Waals surface area contributed by atoms with Crippen molar-refractivity contribution in [2.24, 2.45) is 0 Å². The second-order valence-electron chi connectivity index (χ2n) is 5.37. The van der Waals surface area contributed by atoms with Crippen molar-refractivity contribution in [1.29, 1.82) is 0 Å². The number of anilines is 4. The van der Waals surface area contributed by atoms with Crippen LogP contribution < -0.4 is 15.4 Å². The third kappa shape index (κ3) is 4.19. The maximum Gasteiger partial charge on any atom is 0.353 e. The van der Waals surface area contributed by atoms with Crippen molar-refractivity contribution in [3.63, 3.8) is 0 Å². The molecule has 11 heteroatoms. The van der Waals surface area contributed by atoms with Crippen LogP contribution in [0.25, 0.3) is 0 Å². The average molecular weight is 441 g/mol. The van der Waals surface area contributed by atoms with Crippen LogP contribution in [0.15, 0.2) is 42.7 Å². The summed E-state index contributed by atoms with van der Waals surface area (Å²) in [6.07, 6.45) is 1.17. The van der Waals surface area contributed by atoms with E-state index in [0.717, 1.165) is 0 Å². The summed E-state index contributed by atoms with van der Waals surface area (Å²) in [7, 11) is 1.47. The minimum absolute atomic E-state index is 0.0544. The van der Waals surface area contributed by atoms with E-state index >= 15 is 0 Å². The van der Waals surface area contributed by atoms with Gasteiger partial charge >= 0.3 is 5.69 Å². The molecule has 8 nitrogen and oxygen atoms in total. The van der Waals surface area contributed by atoms with Crippen LogP contribution in [0, 0.1) is 10.1 Å². The second kappa shape index (κ2) is 8.47. The molecule has 0 aliphatic rings. The van der Waals surface area contributed by atoms with E-state index < -0.39 is 4.92 Å². The molecule has 0 aliphatic heterocycles. The number of nitrogens with one attached hydrogen (secondary N) is 2. The largest absolute Gasteiger partial charge is 0.495 e. The lowest BCUT2D eigenvalue weighted by molar-refractivity contribution is -0.383. The summed E-state index contributed by atoms with van der Waals surface area (Å²) in [6.45, 7) is 0. The van der Waals surface area contributed by atoms with Crippen LogP contribution in [-0.4, -0.2) is 22.0 Å². The molecule has 0 saturated carbocycles. The Balaban J connectivity index is 2.04. The molecule has 1 aromatic heterocycles. The summed E-state index contributed by atoms with van der Waals surface area (Å²) in [5, 5.41) is 18.3. The summed E-state index contributed by atoms with van der Waals surface area (Å²) >= 11 is 18.2. The highest BCUT2D eigenvalue weighted by Gasteiger charge is 2.25. The molecule has 0 unspecified atom stereocenters. The van der Waals surface area contributed by atoms with E-state index in [0.29, 0.717) is 27.2 Å². The second-order valence-corrected chi connectivity index (χ2v) is 6.59. The van der Waals surface area contributed by atoms with Crippen molar-refractivity contribution in [1.82, 2.24) is 9.97 Å². The van der Waals surface area contributed by atoms with Crippen LogP contribution in [0.3, 0.4) is 0 Å². The van der Waals surface area contributed by atoms with E-state index in [1.54, 1.807) is 36.4 Å². The van der Waals surface area contributed by atoms with Crippen molar-refractivity contribution in [3.8, 4) is 5.75 Å². The summed E-state index contributed by atoms with van der Waals surface area (Å²) in [5.41, 5.74) is 0.381. The highest BCUT2D eigenvalue weighted by atomic mass is 35.5. The quantitative estimate of drug-likeness (QED) is 0.366. The molecule has 0 aliphatic carbocycles. The maximum atomic E-state index is 11.7. The van der Waals surface area contributed by atoms with Crippen LogP contribution in [0.2, 0.25) is 15.1 Å². The molecule has 0 spiro atoms. The Morgan fingerprint density at radius 1 is 1.04 bits per heavy atom. The van der Waals surface area contributed by atoms with Crippen LogP contribution in [0.5, 0.6) is 5.75 Å². The third-order valence-electron chi connectivity index (χ3n) is 3.62. The zero-order chi connectivity index (χ0) is 20.3. The first-order valence-electron chi connectivity index (χ1n) is 7.71. The molecule has 0 bridgehead atoms. The fraction of sp³-hybridized carbons (Fsp3) is 0.0588. The van der Waals surface area contributed by atoms with Gasteiger partial charge in [0, 0.05) is 5.02 Å². The number of aromatic nitrogens is 2. The number of hydrogen-bond donors (Lipinski definition) is 2. The van der Waals surface area contributed by atoms with Crippen molar-refractivity contribution in [2.75, 3.05) is 17.7 Å². The Kier molecular flexibility index (Phi) is 6.03. The summed E-state index contributed by atoms with van der Waals surface area (Å²) < 4.78 is 5.25. The van der Waals surface area contributed by atoms with Gasteiger partial charge in [0.15, 0.2) is 0 Å². The molecule has 1 heterocycles. The molecular formula is C17H12Cl3N5O3. The average Bonchev–Trinajstić information content (AvgIpc) is 2.65. The maximum absolute atomic E-state index is 11.7. The van der Waals surface area contributed by atoms with E-state index in [9.17, 15) is 10.1 Å². The summed E-state index contributed by atoms with van der Waals surface area (Å²) in [4.78, 5) is 19.1. The Morgan fingerprint density at radius 3 is 2.36 bits per heavy atom.